The minimum atomic E-state index is -4.57. The summed E-state index contributed by atoms with van der Waals surface area (Å²) in [4.78, 5) is 0. The van der Waals surface area contributed by atoms with E-state index in [4.69, 9.17) is 16.7 Å². The highest BCUT2D eigenvalue weighted by Gasteiger charge is 2.23. The number of aliphatic hydroxyl groups excluding tert-OH is 1. The highest BCUT2D eigenvalue weighted by atomic mass is 35.5. The van der Waals surface area contributed by atoms with Crippen molar-refractivity contribution in [1.82, 2.24) is 0 Å². The summed E-state index contributed by atoms with van der Waals surface area (Å²) < 4.78 is 39.2. The van der Waals surface area contributed by atoms with Crippen molar-refractivity contribution in [3.05, 3.63) is 0 Å². The minimum Gasteiger partial charge on any atom is -0.358 e. The number of hydrogen-bond acceptors (Lipinski definition) is 2. The van der Waals surface area contributed by atoms with E-state index in [9.17, 15) is 13.2 Å². The van der Waals surface area contributed by atoms with Crippen molar-refractivity contribution in [2.75, 3.05) is 0 Å². The Morgan fingerprint density at radius 1 is 1.36 bits per heavy atom. The lowest BCUT2D eigenvalue weighted by Gasteiger charge is -2.07. The Balaban J connectivity index is 4.13. The molecule has 0 rings (SSSR count). The van der Waals surface area contributed by atoms with Crippen molar-refractivity contribution in [1.29, 1.82) is 0 Å². The van der Waals surface area contributed by atoms with Gasteiger partial charge in [0.1, 0.15) is 6.10 Å². The lowest BCUT2D eigenvalue weighted by molar-refractivity contribution is -0.0789. The molecule has 1 N–H and O–H groups in total. The fraction of sp³-hybridized carbons (Fsp3) is 0.500. The summed E-state index contributed by atoms with van der Waals surface area (Å²) in [6.07, 6.45) is -7.19. The van der Waals surface area contributed by atoms with Crippen LogP contribution in [0.2, 0.25) is 0 Å². The molecule has 0 radical (unpaired) electrons. The molecule has 0 aromatic carbocycles. The van der Waals surface area contributed by atoms with E-state index in [1.807, 2.05) is 11.3 Å². The Bertz CT molecular complexity index is 292. The molecule has 0 aliphatic heterocycles. The molecule has 0 bridgehead atoms. The van der Waals surface area contributed by atoms with E-state index in [2.05, 4.69) is 4.74 Å². The summed E-state index contributed by atoms with van der Waals surface area (Å²) in [6.45, 7) is 1.25. The summed E-state index contributed by atoms with van der Waals surface area (Å²) in [5.41, 5.74) is 0. The molecule has 6 heteroatoms. The van der Waals surface area contributed by atoms with Crippen molar-refractivity contribution in [3.8, 4) is 23.1 Å². The monoisotopic (exact) mass is 226 g/mol. The van der Waals surface area contributed by atoms with Crippen LogP contribution in [-0.2, 0) is 4.74 Å². The van der Waals surface area contributed by atoms with Gasteiger partial charge in [0.05, 0.1) is 0 Å². The fourth-order valence-corrected chi connectivity index (χ4v) is 0.585. The Kier molecular flexibility index (Phi) is 5.40. The Labute approximate surface area is 84.0 Å². The first-order valence-electron chi connectivity index (χ1n) is 3.39. The zero-order valence-corrected chi connectivity index (χ0v) is 7.78. The molecule has 0 fully saturated rings. The van der Waals surface area contributed by atoms with E-state index >= 15 is 0 Å². The van der Waals surface area contributed by atoms with Crippen molar-refractivity contribution in [3.63, 3.8) is 0 Å². The van der Waals surface area contributed by atoms with Crippen molar-refractivity contribution in [2.24, 2.45) is 0 Å². The van der Waals surface area contributed by atoms with Gasteiger partial charge in [-0.3, -0.25) is 0 Å². The first-order chi connectivity index (χ1) is 6.35. The van der Waals surface area contributed by atoms with Gasteiger partial charge < -0.3 is 9.84 Å². The highest BCUT2D eigenvalue weighted by Crippen LogP contribution is 2.12. The minimum absolute atomic E-state index is 1.00. The molecular weight excluding hydrogens is 221 g/mol. The average Bonchev–Trinajstić information content (AvgIpc) is 2.00. The molecule has 0 saturated carbocycles. The number of aliphatic hydroxyl groups is 1. The number of alkyl halides is 3. The SMILES string of the molecule is CC(C#CC(F)(F)F)OC(O)C#CCl. The second kappa shape index (κ2) is 5.77. The Morgan fingerprint density at radius 3 is 2.36 bits per heavy atom. The van der Waals surface area contributed by atoms with Gasteiger partial charge in [-0.05, 0) is 24.4 Å². The third-order valence-corrected chi connectivity index (χ3v) is 1.04. The summed E-state index contributed by atoms with van der Waals surface area (Å²) in [5, 5.41) is 10.6. The van der Waals surface area contributed by atoms with Gasteiger partial charge in [-0.1, -0.05) is 5.92 Å². The van der Waals surface area contributed by atoms with Crippen LogP contribution in [-0.4, -0.2) is 23.7 Å². The van der Waals surface area contributed by atoms with Crippen LogP contribution in [0.1, 0.15) is 6.92 Å². The number of ether oxygens (including phenoxy) is 1. The smallest absolute Gasteiger partial charge is 0.358 e. The predicted molar refractivity (Wildman–Crippen MR) is 44.0 cm³/mol. The van der Waals surface area contributed by atoms with Crippen LogP contribution in [0.4, 0.5) is 13.2 Å². The standard InChI is InChI=1S/C8H6ClF3O2/c1-6(2-4-8(10,11)12)14-7(13)3-5-9/h6-7,13H,1H3. The lowest BCUT2D eigenvalue weighted by Crippen LogP contribution is -2.17. The lowest BCUT2D eigenvalue weighted by atomic mass is 10.4. The first kappa shape index (κ1) is 13.1. The molecule has 0 heterocycles. The van der Waals surface area contributed by atoms with Crippen LogP contribution in [0.5, 0.6) is 0 Å². The van der Waals surface area contributed by atoms with Gasteiger partial charge >= 0.3 is 6.18 Å². The van der Waals surface area contributed by atoms with E-state index in [-0.39, 0.29) is 0 Å². The molecule has 0 aliphatic carbocycles. The molecule has 2 nitrogen and oxygen atoms in total. The van der Waals surface area contributed by atoms with Crippen molar-refractivity contribution >= 4 is 11.6 Å². The van der Waals surface area contributed by atoms with Gasteiger partial charge in [0.2, 0.25) is 6.29 Å². The zero-order valence-electron chi connectivity index (χ0n) is 7.02. The molecule has 0 aromatic rings. The molecule has 0 amide bonds. The van der Waals surface area contributed by atoms with Crippen LogP contribution in [0.3, 0.4) is 0 Å². The zero-order chi connectivity index (χ0) is 11.2. The second-order valence-electron chi connectivity index (χ2n) is 2.14. The maximum Gasteiger partial charge on any atom is 0.457 e. The van der Waals surface area contributed by atoms with Crippen molar-refractivity contribution in [2.45, 2.75) is 25.5 Å². The van der Waals surface area contributed by atoms with Crippen LogP contribution < -0.4 is 0 Å². The van der Waals surface area contributed by atoms with E-state index in [1.54, 1.807) is 5.92 Å². The normalized spacial score (nSPS) is 14.4. The molecule has 14 heavy (non-hydrogen) atoms. The summed E-state index contributed by atoms with van der Waals surface area (Å²) in [6, 6.07) is 0. The van der Waals surface area contributed by atoms with E-state index in [0.717, 1.165) is 5.92 Å². The molecule has 78 valence electrons. The number of hydrogen-bond donors (Lipinski definition) is 1. The molecule has 0 aromatic heterocycles. The summed E-state index contributed by atoms with van der Waals surface area (Å²) >= 11 is 4.91. The van der Waals surface area contributed by atoms with Crippen LogP contribution in [0, 0.1) is 23.1 Å². The Morgan fingerprint density at radius 2 is 1.93 bits per heavy atom. The average molecular weight is 227 g/mol. The molecule has 0 saturated heterocycles. The highest BCUT2D eigenvalue weighted by molar-refractivity contribution is 6.30. The van der Waals surface area contributed by atoms with E-state index in [0.29, 0.717) is 0 Å². The van der Waals surface area contributed by atoms with Crippen molar-refractivity contribution < 1.29 is 23.0 Å². The van der Waals surface area contributed by atoms with Gasteiger partial charge in [0.25, 0.3) is 0 Å². The van der Waals surface area contributed by atoms with Gasteiger partial charge in [-0.2, -0.15) is 13.2 Å². The maximum absolute atomic E-state index is 11.6. The van der Waals surface area contributed by atoms with Crippen LogP contribution >= 0.6 is 11.6 Å². The molecule has 0 spiro atoms. The summed E-state index contributed by atoms with van der Waals surface area (Å²) in [5.74, 6) is 4.72. The van der Waals surface area contributed by atoms with E-state index < -0.39 is 18.6 Å². The predicted octanol–water partition coefficient (Wildman–Crippen LogP) is 1.48. The molecule has 2 atom stereocenters. The maximum atomic E-state index is 11.6. The number of halogens is 4. The van der Waals surface area contributed by atoms with Gasteiger partial charge in [0, 0.05) is 11.3 Å². The molecule has 0 aliphatic rings. The fourth-order valence-electron chi connectivity index (χ4n) is 0.492. The van der Waals surface area contributed by atoms with Crippen LogP contribution in [0.25, 0.3) is 0 Å². The van der Waals surface area contributed by atoms with Gasteiger partial charge in [0.15, 0.2) is 0 Å². The largest absolute Gasteiger partial charge is 0.457 e. The first-order valence-corrected chi connectivity index (χ1v) is 3.77. The number of rotatable bonds is 2. The molecular formula is C8H6ClF3O2. The quantitative estimate of drug-likeness (QED) is 0.571. The third kappa shape index (κ3) is 7.75. The van der Waals surface area contributed by atoms with Gasteiger partial charge in [-0.15, -0.1) is 0 Å². The topological polar surface area (TPSA) is 29.5 Å². The summed E-state index contributed by atoms with van der Waals surface area (Å²) in [7, 11) is 0. The van der Waals surface area contributed by atoms with Gasteiger partial charge in [-0.25, -0.2) is 0 Å². The van der Waals surface area contributed by atoms with E-state index in [1.165, 1.54) is 6.92 Å². The van der Waals surface area contributed by atoms with Crippen LogP contribution in [0.15, 0.2) is 0 Å². The third-order valence-electron chi connectivity index (χ3n) is 0.928. The molecule has 2 unspecified atom stereocenters. The second-order valence-corrected chi connectivity index (χ2v) is 2.33. The Hall–Kier alpha value is -0.880.